The van der Waals surface area contributed by atoms with E-state index in [0.717, 1.165) is 10.3 Å². The number of nitrogens with zero attached hydrogens (tertiary/aromatic N) is 2. The number of ether oxygens (including phenoxy) is 2. The summed E-state index contributed by atoms with van der Waals surface area (Å²) in [6, 6.07) is 17.1. The van der Waals surface area contributed by atoms with Crippen molar-refractivity contribution in [1.29, 1.82) is 0 Å². The lowest BCUT2D eigenvalue weighted by molar-refractivity contribution is -0.118. The molecule has 3 aromatic carbocycles. The summed E-state index contributed by atoms with van der Waals surface area (Å²) < 4.78 is 25.1. The number of carbonyl (C=O) groups excluding carboxylic acids is 2. The van der Waals surface area contributed by atoms with Crippen LogP contribution in [0, 0.1) is 5.82 Å². The van der Waals surface area contributed by atoms with Gasteiger partial charge in [0.2, 0.25) is 0 Å². The second-order valence-electron chi connectivity index (χ2n) is 8.91. The Morgan fingerprint density at radius 1 is 1.10 bits per heavy atom. The maximum absolute atomic E-state index is 13.8. The van der Waals surface area contributed by atoms with Crippen LogP contribution in [0.15, 0.2) is 78.1 Å². The zero-order valence-corrected chi connectivity index (χ0v) is 22.5. The Bertz CT molecular complexity index is 1550. The second kappa shape index (κ2) is 11.5. The molecule has 0 spiro atoms. The number of thiazole rings is 1. The zero-order chi connectivity index (χ0) is 27.5. The predicted octanol–water partition coefficient (Wildman–Crippen LogP) is 6.22. The molecule has 0 bridgehead atoms. The average Bonchev–Trinajstić information content (AvgIpc) is 3.46. The standard InChI is InChI=1S/C29H24ClFN2O5S/c1-37-14-15-38-21-10-2-17(3-11-21)4-13-23(34)25-26(18-5-8-20(31)9-6-18)33(28(36)27(25)35)29-32-22-12-7-19(30)16-24(22)39-29/h2-3,5-12,16,26,35H,4,13-15H2,1H3. The fourth-order valence-corrected chi connectivity index (χ4v) is 5.69. The van der Waals surface area contributed by atoms with E-state index in [0.29, 0.717) is 46.6 Å². The molecule has 4 aromatic rings. The van der Waals surface area contributed by atoms with Crippen molar-refractivity contribution in [3.05, 3.63) is 100 Å². The fraction of sp³-hybridized carbons (Fsp3) is 0.207. The molecule has 1 aromatic heterocycles. The first-order chi connectivity index (χ1) is 18.9. The largest absolute Gasteiger partial charge is 0.503 e. The van der Waals surface area contributed by atoms with Crippen molar-refractivity contribution >= 4 is 50.0 Å². The number of Topliss-reactive ketones (excluding diaryl/α,β-unsaturated/α-hetero) is 1. The van der Waals surface area contributed by atoms with E-state index in [9.17, 15) is 19.1 Å². The molecule has 1 aliphatic heterocycles. The molecule has 0 radical (unpaired) electrons. The molecule has 39 heavy (non-hydrogen) atoms. The number of methoxy groups -OCH3 is 1. The maximum Gasteiger partial charge on any atom is 0.296 e. The molecule has 2 heterocycles. The zero-order valence-electron chi connectivity index (χ0n) is 20.9. The third kappa shape index (κ3) is 5.66. The van der Waals surface area contributed by atoms with Crippen LogP contribution in [0.25, 0.3) is 10.2 Å². The number of carbonyl (C=O) groups is 2. The Morgan fingerprint density at radius 3 is 2.56 bits per heavy atom. The lowest BCUT2D eigenvalue weighted by atomic mass is 9.93. The molecule has 1 amide bonds. The van der Waals surface area contributed by atoms with Gasteiger partial charge in [-0.1, -0.05) is 47.2 Å². The van der Waals surface area contributed by atoms with Crippen molar-refractivity contribution in [3.63, 3.8) is 0 Å². The van der Waals surface area contributed by atoms with E-state index in [1.807, 2.05) is 24.3 Å². The van der Waals surface area contributed by atoms with Crippen LogP contribution >= 0.6 is 22.9 Å². The van der Waals surface area contributed by atoms with E-state index in [1.165, 1.54) is 40.5 Å². The number of benzene rings is 3. The van der Waals surface area contributed by atoms with Gasteiger partial charge >= 0.3 is 0 Å². The fourth-order valence-electron chi connectivity index (χ4n) is 4.42. The quantitative estimate of drug-likeness (QED) is 0.229. The molecule has 0 saturated carbocycles. The molecule has 10 heteroatoms. The Hall–Kier alpha value is -3.79. The highest BCUT2D eigenvalue weighted by atomic mass is 35.5. The average molecular weight is 567 g/mol. The number of amides is 1. The topological polar surface area (TPSA) is 89.0 Å². The van der Waals surface area contributed by atoms with Gasteiger partial charge in [-0.25, -0.2) is 9.37 Å². The summed E-state index contributed by atoms with van der Waals surface area (Å²) in [5, 5.41) is 11.7. The van der Waals surface area contributed by atoms with Crippen LogP contribution in [0.5, 0.6) is 5.75 Å². The Morgan fingerprint density at radius 2 is 1.85 bits per heavy atom. The highest BCUT2D eigenvalue weighted by molar-refractivity contribution is 7.22. The van der Waals surface area contributed by atoms with Gasteiger partial charge in [0.25, 0.3) is 5.91 Å². The van der Waals surface area contributed by atoms with Gasteiger partial charge in [-0.2, -0.15) is 0 Å². The van der Waals surface area contributed by atoms with Crippen LogP contribution in [0.2, 0.25) is 5.02 Å². The summed E-state index contributed by atoms with van der Waals surface area (Å²) in [6.07, 6.45) is 0.440. The summed E-state index contributed by atoms with van der Waals surface area (Å²) in [5.74, 6) is -1.53. The van der Waals surface area contributed by atoms with Gasteiger partial charge in [0.1, 0.15) is 18.2 Å². The number of hydrogen-bond donors (Lipinski definition) is 1. The lowest BCUT2D eigenvalue weighted by Gasteiger charge is -2.24. The van der Waals surface area contributed by atoms with Crippen LogP contribution in [0.1, 0.15) is 23.6 Å². The molecule has 0 aliphatic carbocycles. The molecule has 7 nitrogen and oxygen atoms in total. The highest BCUT2D eigenvalue weighted by Crippen LogP contribution is 2.44. The number of aliphatic hydroxyl groups is 1. The number of aromatic nitrogens is 1. The minimum absolute atomic E-state index is 0.0385. The van der Waals surface area contributed by atoms with E-state index in [-0.39, 0.29) is 17.8 Å². The predicted molar refractivity (Wildman–Crippen MR) is 148 cm³/mol. The molecule has 200 valence electrons. The van der Waals surface area contributed by atoms with Crippen molar-refractivity contribution in [3.8, 4) is 5.75 Å². The number of fused-ring (bicyclic) bond motifs is 1. The van der Waals surface area contributed by atoms with Gasteiger partial charge < -0.3 is 14.6 Å². The number of halogens is 2. The van der Waals surface area contributed by atoms with Crippen molar-refractivity contribution < 1.29 is 28.6 Å². The van der Waals surface area contributed by atoms with Crippen molar-refractivity contribution in [2.75, 3.05) is 25.2 Å². The molecular formula is C29H24ClFN2O5S. The van der Waals surface area contributed by atoms with Crippen LogP contribution in [-0.2, 0) is 20.7 Å². The second-order valence-corrected chi connectivity index (χ2v) is 10.4. The third-order valence-corrected chi connectivity index (χ3v) is 7.61. The molecule has 0 saturated heterocycles. The van der Waals surface area contributed by atoms with Crippen LogP contribution in [0.4, 0.5) is 9.52 Å². The molecule has 1 atom stereocenters. The normalized spacial score (nSPS) is 15.4. The van der Waals surface area contributed by atoms with E-state index in [2.05, 4.69) is 4.98 Å². The van der Waals surface area contributed by atoms with Crippen molar-refractivity contribution in [1.82, 2.24) is 4.98 Å². The van der Waals surface area contributed by atoms with Gasteiger partial charge in [0.05, 0.1) is 28.4 Å². The monoisotopic (exact) mass is 566 g/mol. The molecule has 5 rings (SSSR count). The molecule has 1 aliphatic rings. The minimum atomic E-state index is -0.960. The van der Waals surface area contributed by atoms with E-state index in [4.69, 9.17) is 21.1 Å². The Balaban J connectivity index is 1.42. The first kappa shape index (κ1) is 26.8. The number of rotatable bonds is 10. The number of aliphatic hydroxyl groups excluding tert-OH is 1. The number of ketones is 1. The molecule has 1 unspecified atom stereocenters. The number of aryl methyl sites for hydroxylation is 1. The number of anilines is 1. The number of hydrogen-bond acceptors (Lipinski definition) is 7. The van der Waals surface area contributed by atoms with Gasteiger partial charge in [0.15, 0.2) is 16.7 Å². The van der Waals surface area contributed by atoms with Crippen LogP contribution in [-0.4, -0.2) is 42.1 Å². The third-order valence-electron chi connectivity index (χ3n) is 6.36. The SMILES string of the molecule is COCCOc1ccc(CCC(=O)C2=C(O)C(=O)N(c3nc4ccc(Cl)cc4s3)C2c2ccc(F)cc2)cc1. The van der Waals surface area contributed by atoms with E-state index >= 15 is 0 Å². The van der Waals surface area contributed by atoms with Crippen LogP contribution in [0.3, 0.4) is 0 Å². The summed E-state index contributed by atoms with van der Waals surface area (Å²) in [6.45, 7) is 0.906. The summed E-state index contributed by atoms with van der Waals surface area (Å²) in [7, 11) is 1.60. The molecule has 1 N–H and O–H groups in total. The van der Waals surface area contributed by atoms with Gasteiger partial charge in [-0.05, 0) is 60.0 Å². The minimum Gasteiger partial charge on any atom is -0.503 e. The first-order valence-electron chi connectivity index (χ1n) is 12.2. The maximum atomic E-state index is 13.8. The lowest BCUT2D eigenvalue weighted by Crippen LogP contribution is -2.31. The Labute approximate surface area is 233 Å². The smallest absolute Gasteiger partial charge is 0.296 e. The van der Waals surface area contributed by atoms with Gasteiger partial charge in [0, 0.05) is 18.6 Å². The Kier molecular flexibility index (Phi) is 7.92. The summed E-state index contributed by atoms with van der Waals surface area (Å²) >= 11 is 7.34. The van der Waals surface area contributed by atoms with E-state index in [1.54, 1.807) is 25.3 Å². The van der Waals surface area contributed by atoms with Crippen molar-refractivity contribution in [2.45, 2.75) is 18.9 Å². The van der Waals surface area contributed by atoms with Crippen molar-refractivity contribution in [2.24, 2.45) is 0 Å². The van der Waals surface area contributed by atoms with Gasteiger partial charge in [-0.15, -0.1) is 0 Å². The van der Waals surface area contributed by atoms with Crippen LogP contribution < -0.4 is 9.64 Å². The van der Waals surface area contributed by atoms with E-state index < -0.39 is 23.5 Å². The summed E-state index contributed by atoms with van der Waals surface area (Å²) in [4.78, 5) is 32.7. The molecule has 0 fully saturated rings. The first-order valence-corrected chi connectivity index (χ1v) is 13.4. The highest BCUT2D eigenvalue weighted by Gasteiger charge is 2.45. The summed E-state index contributed by atoms with van der Waals surface area (Å²) in [5.41, 5.74) is 1.96. The molecular weight excluding hydrogens is 543 g/mol. The van der Waals surface area contributed by atoms with Gasteiger partial charge in [-0.3, -0.25) is 14.5 Å².